The highest BCUT2D eigenvalue weighted by Gasteiger charge is 2.24. The summed E-state index contributed by atoms with van der Waals surface area (Å²) in [5, 5.41) is 12.7. The van der Waals surface area contributed by atoms with Crippen LogP contribution < -0.4 is 5.32 Å². The first-order valence-electron chi connectivity index (χ1n) is 11.4. The average molecular weight is 516 g/mol. The summed E-state index contributed by atoms with van der Waals surface area (Å²) in [5.41, 5.74) is 1.40. The van der Waals surface area contributed by atoms with E-state index in [1.54, 1.807) is 28.3 Å². The van der Waals surface area contributed by atoms with Crippen molar-refractivity contribution in [2.45, 2.75) is 45.2 Å². The molecule has 0 bridgehead atoms. The highest BCUT2D eigenvalue weighted by Crippen LogP contribution is 2.32. The number of carbonyl (C=O) groups is 1. The molecule has 5 heterocycles. The monoisotopic (exact) mass is 515 g/mol. The van der Waals surface area contributed by atoms with Crippen molar-refractivity contribution in [3.05, 3.63) is 63.2 Å². The number of rotatable bonds is 7. The molecule has 0 radical (unpaired) electrons. The fourth-order valence-electron chi connectivity index (χ4n) is 4.18. The maximum atomic E-state index is 13.0. The molecule has 10 heteroatoms. The number of nitrogens with one attached hydrogen (secondary N) is 1. The Morgan fingerprint density at radius 3 is 2.76 bits per heavy atom. The molecule has 0 saturated carbocycles. The Kier molecular flexibility index (Phi) is 6.87. The van der Waals surface area contributed by atoms with Gasteiger partial charge in [0.15, 0.2) is 5.76 Å². The second kappa shape index (κ2) is 10.0. The van der Waals surface area contributed by atoms with Gasteiger partial charge in [-0.1, -0.05) is 16.8 Å². The Labute approximate surface area is 211 Å². The van der Waals surface area contributed by atoms with Crippen LogP contribution in [0.1, 0.15) is 47.7 Å². The van der Waals surface area contributed by atoms with Gasteiger partial charge in [0.25, 0.3) is 5.91 Å². The van der Waals surface area contributed by atoms with E-state index >= 15 is 0 Å². The van der Waals surface area contributed by atoms with E-state index in [0.29, 0.717) is 23.9 Å². The number of aromatic nitrogens is 3. The van der Waals surface area contributed by atoms with Gasteiger partial charge in [0.2, 0.25) is 0 Å². The van der Waals surface area contributed by atoms with Gasteiger partial charge in [0.1, 0.15) is 10.7 Å². The van der Waals surface area contributed by atoms with Crippen LogP contribution in [0, 0.1) is 0 Å². The second-order valence-electron chi connectivity index (χ2n) is 8.71. The molecule has 1 fully saturated rings. The highest BCUT2D eigenvalue weighted by atomic mass is 35.5. The molecule has 1 amide bonds. The summed E-state index contributed by atoms with van der Waals surface area (Å²) in [7, 11) is 0. The van der Waals surface area contributed by atoms with Crippen LogP contribution >= 0.6 is 34.3 Å². The summed E-state index contributed by atoms with van der Waals surface area (Å²) >= 11 is 9.08. The summed E-state index contributed by atoms with van der Waals surface area (Å²) < 4.78 is 7.93. The van der Waals surface area contributed by atoms with E-state index < -0.39 is 0 Å². The molecule has 4 aromatic rings. The molecule has 1 aliphatic heterocycles. The maximum Gasteiger partial charge on any atom is 0.270 e. The van der Waals surface area contributed by atoms with Gasteiger partial charge >= 0.3 is 0 Å². The summed E-state index contributed by atoms with van der Waals surface area (Å²) in [6.45, 7) is 6.46. The van der Waals surface area contributed by atoms with Crippen molar-refractivity contribution in [2.24, 2.45) is 0 Å². The van der Waals surface area contributed by atoms with Crippen LogP contribution in [0.25, 0.3) is 15.6 Å². The summed E-state index contributed by atoms with van der Waals surface area (Å²) in [4.78, 5) is 17.5. The van der Waals surface area contributed by atoms with Crippen LogP contribution in [0.15, 0.2) is 47.1 Å². The van der Waals surface area contributed by atoms with E-state index in [1.807, 2.05) is 30.3 Å². The molecule has 0 aromatic carbocycles. The first-order chi connectivity index (χ1) is 16.5. The third-order valence-electron chi connectivity index (χ3n) is 6.06. The van der Waals surface area contributed by atoms with E-state index in [-0.39, 0.29) is 11.9 Å². The van der Waals surface area contributed by atoms with Crippen molar-refractivity contribution < 1.29 is 9.32 Å². The van der Waals surface area contributed by atoms with Crippen LogP contribution in [0.2, 0.25) is 4.34 Å². The normalized spacial score (nSPS) is 15.3. The number of hydrogen-bond acceptors (Lipinski definition) is 7. The Balaban J connectivity index is 1.24. The van der Waals surface area contributed by atoms with Crippen molar-refractivity contribution in [3.8, 4) is 15.6 Å². The molecule has 178 valence electrons. The molecule has 0 spiro atoms. The first-order valence-corrected chi connectivity index (χ1v) is 13.4. The summed E-state index contributed by atoms with van der Waals surface area (Å²) in [6, 6.07) is 12.3. The third kappa shape index (κ3) is 5.12. The second-order valence-corrected chi connectivity index (χ2v) is 11.6. The Morgan fingerprint density at radius 2 is 2.03 bits per heavy atom. The molecule has 1 saturated heterocycles. The Hall–Kier alpha value is -2.46. The van der Waals surface area contributed by atoms with E-state index in [2.05, 4.69) is 34.3 Å². The summed E-state index contributed by atoms with van der Waals surface area (Å²) in [5.74, 6) is 0.639. The summed E-state index contributed by atoms with van der Waals surface area (Å²) in [6.07, 6.45) is 4.26. The van der Waals surface area contributed by atoms with Crippen molar-refractivity contribution >= 4 is 40.2 Å². The van der Waals surface area contributed by atoms with E-state index in [1.165, 1.54) is 11.3 Å². The van der Waals surface area contributed by atoms with Crippen molar-refractivity contribution in [3.63, 3.8) is 0 Å². The number of carbonyl (C=O) groups excluding carboxylic acids is 1. The molecule has 0 aliphatic carbocycles. The topological polar surface area (TPSA) is 76.2 Å². The van der Waals surface area contributed by atoms with Crippen LogP contribution in [-0.4, -0.2) is 50.9 Å². The molecule has 5 rings (SSSR count). The third-order valence-corrected chi connectivity index (χ3v) is 8.36. The number of amides is 1. The highest BCUT2D eigenvalue weighted by molar-refractivity contribution is 7.19. The van der Waals surface area contributed by atoms with E-state index in [4.69, 9.17) is 16.1 Å². The standard InChI is InChI=1S/C24H26ClN5O2S2/c1-15(2)29-11-8-16(9-12-29)27-24(31)19-7-10-26-30(19)23-6-3-18(33-23)13-17-14-20(32-28-17)21-4-5-22(25)34-21/h3-7,10,14-16H,8-9,11-13H2,1-2H3,(H,27,31). The number of piperidine rings is 1. The lowest BCUT2D eigenvalue weighted by Crippen LogP contribution is -2.46. The Morgan fingerprint density at radius 1 is 1.21 bits per heavy atom. The van der Waals surface area contributed by atoms with Crippen LogP contribution in [0.3, 0.4) is 0 Å². The zero-order valence-electron chi connectivity index (χ0n) is 19.0. The van der Waals surface area contributed by atoms with Gasteiger partial charge in [-0.2, -0.15) is 5.10 Å². The van der Waals surface area contributed by atoms with Crippen LogP contribution in [0.4, 0.5) is 0 Å². The number of likely N-dealkylation sites (tertiary alicyclic amines) is 1. The zero-order valence-corrected chi connectivity index (χ0v) is 21.4. The lowest BCUT2D eigenvalue weighted by atomic mass is 10.0. The predicted molar refractivity (Wildman–Crippen MR) is 136 cm³/mol. The van der Waals surface area contributed by atoms with Gasteiger partial charge in [0, 0.05) is 42.5 Å². The lowest BCUT2D eigenvalue weighted by Gasteiger charge is -2.34. The number of hydrogen-bond donors (Lipinski definition) is 1. The fraction of sp³-hybridized carbons (Fsp3) is 0.375. The minimum atomic E-state index is -0.0776. The molecule has 1 aliphatic rings. The average Bonchev–Trinajstić information content (AvgIpc) is 3.61. The van der Waals surface area contributed by atoms with Crippen molar-refractivity contribution in [1.29, 1.82) is 0 Å². The van der Waals surface area contributed by atoms with E-state index in [9.17, 15) is 4.79 Å². The minimum Gasteiger partial charge on any atom is -0.355 e. The van der Waals surface area contributed by atoms with Gasteiger partial charge in [-0.25, -0.2) is 4.68 Å². The lowest BCUT2D eigenvalue weighted by molar-refractivity contribution is 0.0893. The smallest absolute Gasteiger partial charge is 0.270 e. The molecule has 0 atom stereocenters. The molecular weight excluding hydrogens is 490 g/mol. The fourth-order valence-corrected chi connectivity index (χ4v) is 6.17. The molecule has 7 nitrogen and oxygen atoms in total. The first kappa shape index (κ1) is 23.3. The Bertz CT molecular complexity index is 1270. The minimum absolute atomic E-state index is 0.0776. The number of nitrogens with zero attached hydrogens (tertiary/aromatic N) is 4. The van der Waals surface area contributed by atoms with Gasteiger partial charge in [-0.3, -0.25) is 4.79 Å². The quantitative estimate of drug-likeness (QED) is 0.352. The molecule has 34 heavy (non-hydrogen) atoms. The predicted octanol–water partition coefficient (Wildman–Crippen LogP) is 5.50. The van der Waals surface area contributed by atoms with Gasteiger partial charge in [0.05, 0.1) is 21.1 Å². The zero-order chi connectivity index (χ0) is 23.7. The molecule has 4 aromatic heterocycles. The van der Waals surface area contributed by atoms with Crippen molar-refractivity contribution in [2.75, 3.05) is 13.1 Å². The van der Waals surface area contributed by atoms with Gasteiger partial charge in [-0.15, -0.1) is 22.7 Å². The van der Waals surface area contributed by atoms with Gasteiger partial charge < -0.3 is 14.7 Å². The van der Waals surface area contributed by atoms with E-state index in [0.717, 1.165) is 50.7 Å². The molecular formula is C24H26ClN5O2S2. The van der Waals surface area contributed by atoms with Crippen LogP contribution in [0.5, 0.6) is 0 Å². The molecule has 1 N–H and O–H groups in total. The maximum absolute atomic E-state index is 13.0. The SMILES string of the molecule is CC(C)N1CCC(NC(=O)c2ccnn2-c2ccc(Cc3cc(-c4ccc(Cl)s4)on3)s2)CC1. The number of halogens is 1. The number of thiophene rings is 2. The molecule has 0 unspecified atom stereocenters. The van der Waals surface area contributed by atoms with Crippen molar-refractivity contribution in [1.82, 2.24) is 25.2 Å². The van der Waals surface area contributed by atoms with Gasteiger partial charge in [-0.05, 0) is 57.0 Å². The van der Waals surface area contributed by atoms with Crippen LogP contribution in [-0.2, 0) is 6.42 Å². The largest absolute Gasteiger partial charge is 0.355 e.